The molecule has 0 atom stereocenters. The summed E-state index contributed by atoms with van der Waals surface area (Å²) in [7, 11) is 0. The van der Waals surface area contributed by atoms with Gasteiger partial charge in [0.05, 0.1) is 18.6 Å². The minimum Gasteiger partial charge on any atom is -0.467 e. The van der Waals surface area contributed by atoms with Gasteiger partial charge in [0, 0.05) is 6.54 Å². The number of furan rings is 1. The molecule has 3 nitrogen and oxygen atoms in total. The lowest BCUT2D eigenvalue weighted by Gasteiger charge is -2.07. The second-order valence-electron chi connectivity index (χ2n) is 3.54. The molecule has 0 saturated carbocycles. The van der Waals surface area contributed by atoms with E-state index in [1.54, 1.807) is 24.5 Å². The fourth-order valence-electron chi connectivity index (χ4n) is 1.43. The van der Waals surface area contributed by atoms with Crippen molar-refractivity contribution in [2.45, 2.75) is 6.61 Å². The molecule has 0 bridgehead atoms. The van der Waals surface area contributed by atoms with Gasteiger partial charge in [-0.05, 0) is 24.3 Å². The third kappa shape index (κ3) is 3.60. The van der Waals surface area contributed by atoms with Crippen LogP contribution in [0.5, 0.6) is 0 Å². The highest BCUT2D eigenvalue weighted by Crippen LogP contribution is 2.11. The lowest BCUT2D eigenvalue weighted by molar-refractivity contribution is 0.115. The molecular formula is C13H14FNO2. The highest BCUT2D eigenvalue weighted by atomic mass is 19.1. The van der Waals surface area contributed by atoms with Crippen LogP contribution >= 0.6 is 0 Å². The number of anilines is 1. The van der Waals surface area contributed by atoms with Crippen molar-refractivity contribution >= 4 is 5.69 Å². The van der Waals surface area contributed by atoms with E-state index >= 15 is 0 Å². The maximum atomic E-state index is 13.2. The number of hydrogen-bond acceptors (Lipinski definition) is 3. The number of hydrogen-bond donors (Lipinski definition) is 1. The van der Waals surface area contributed by atoms with Crippen LogP contribution in [0.1, 0.15) is 5.76 Å². The van der Waals surface area contributed by atoms with Crippen LogP contribution in [-0.2, 0) is 11.3 Å². The van der Waals surface area contributed by atoms with E-state index < -0.39 is 0 Å². The molecule has 1 aromatic carbocycles. The number of ether oxygens (including phenoxy) is 1. The van der Waals surface area contributed by atoms with Gasteiger partial charge < -0.3 is 14.5 Å². The number of halogens is 1. The van der Waals surface area contributed by atoms with E-state index in [0.29, 0.717) is 25.4 Å². The van der Waals surface area contributed by atoms with Crippen molar-refractivity contribution in [3.05, 3.63) is 54.2 Å². The van der Waals surface area contributed by atoms with Gasteiger partial charge >= 0.3 is 0 Å². The van der Waals surface area contributed by atoms with Crippen LogP contribution in [-0.4, -0.2) is 13.2 Å². The van der Waals surface area contributed by atoms with Crippen LogP contribution in [0.3, 0.4) is 0 Å². The summed E-state index contributed by atoms with van der Waals surface area (Å²) in [6, 6.07) is 10.2. The van der Waals surface area contributed by atoms with Crippen LogP contribution in [0.4, 0.5) is 10.1 Å². The van der Waals surface area contributed by atoms with Crippen LogP contribution in [0.15, 0.2) is 47.1 Å². The lowest BCUT2D eigenvalue weighted by Crippen LogP contribution is -2.10. The molecule has 0 aliphatic rings. The van der Waals surface area contributed by atoms with Gasteiger partial charge in [0.15, 0.2) is 0 Å². The molecule has 2 aromatic rings. The van der Waals surface area contributed by atoms with Crippen molar-refractivity contribution < 1.29 is 13.5 Å². The normalized spacial score (nSPS) is 10.4. The van der Waals surface area contributed by atoms with Gasteiger partial charge in [0.1, 0.15) is 18.2 Å². The van der Waals surface area contributed by atoms with Gasteiger partial charge in [-0.2, -0.15) is 0 Å². The van der Waals surface area contributed by atoms with Crippen LogP contribution in [0.25, 0.3) is 0 Å². The van der Waals surface area contributed by atoms with Crippen molar-refractivity contribution in [2.75, 3.05) is 18.5 Å². The van der Waals surface area contributed by atoms with Gasteiger partial charge in [0.25, 0.3) is 0 Å². The van der Waals surface area contributed by atoms with Gasteiger partial charge in [0.2, 0.25) is 0 Å². The van der Waals surface area contributed by atoms with Crippen LogP contribution in [0, 0.1) is 5.82 Å². The van der Waals surface area contributed by atoms with Gasteiger partial charge in [-0.25, -0.2) is 4.39 Å². The second-order valence-corrected chi connectivity index (χ2v) is 3.54. The molecule has 90 valence electrons. The number of nitrogens with one attached hydrogen (secondary N) is 1. The molecule has 0 saturated heterocycles. The van der Waals surface area contributed by atoms with E-state index in [2.05, 4.69) is 5.32 Å². The zero-order chi connectivity index (χ0) is 11.9. The third-order valence-electron chi connectivity index (χ3n) is 2.26. The van der Waals surface area contributed by atoms with Crippen molar-refractivity contribution in [2.24, 2.45) is 0 Å². The fraction of sp³-hybridized carbons (Fsp3) is 0.231. The minimum absolute atomic E-state index is 0.251. The zero-order valence-corrected chi connectivity index (χ0v) is 9.36. The van der Waals surface area contributed by atoms with E-state index in [1.165, 1.54) is 6.07 Å². The summed E-state index contributed by atoms with van der Waals surface area (Å²) in [4.78, 5) is 0. The van der Waals surface area contributed by atoms with E-state index in [4.69, 9.17) is 9.15 Å². The Kier molecular flexibility index (Phi) is 4.16. The van der Waals surface area contributed by atoms with Gasteiger partial charge in [-0.1, -0.05) is 12.1 Å². The maximum absolute atomic E-state index is 13.2. The lowest BCUT2D eigenvalue weighted by atomic mass is 10.3. The first-order valence-electron chi connectivity index (χ1n) is 5.45. The first kappa shape index (κ1) is 11.7. The van der Waals surface area contributed by atoms with E-state index in [9.17, 15) is 4.39 Å². The summed E-state index contributed by atoms with van der Waals surface area (Å²) in [6.45, 7) is 1.49. The summed E-state index contributed by atoms with van der Waals surface area (Å²) in [6.07, 6.45) is 1.61. The summed E-state index contributed by atoms with van der Waals surface area (Å²) < 4.78 is 23.7. The van der Waals surface area contributed by atoms with Gasteiger partial charge in [-0.15, -0.1) is 0 Å². The highest BCUT2D eigenvalue weighted by molar-refractivity contribution is 5.44. The Morgan fingerprint density at radius 3 is 2.82 bits per heavy atom. The van der Waals surface area contributed by atoms with E-state index in [-0.39, 0.29) is 5.82 Å². The van der Waals surface area contributed by atoms with Gasteiger partial charge in [-0.3, -0.25) is 0 Å². The number of para-hydroxylation sites is 1. The molecule has 0 unspecified atom stereocenters. The minimum atomic E-state index is -0.251. The van der Waals surface area contributed by atoms with Crippen molar-refractivity contribution in [1.82, 2.24) is 0 Å². The average molecular weight is 235 g/mol. The summed E-state index contributed by atoms with van der Waals surface area (Å²) in [5.41, 5.74) is 0.495. The van der Waals surface area contributed by atoms with Crippen LogP contribution in [0.2, 0.25) is 0 Å². The SMILES string of the molecule is Fc1ccccc1NCCOCc1ccco1. The summed E-state index contributed by atoms with van der Waals surface area (Å²) in [5.74, 6) is 0.537. The van der Waals surface area contributed by atoms with E-state index in [1.807, 2.05) is 12.1 Å². The molecule has 4 heteroatoms. The predicted molar refractivity (Wildman–Crippen MR) is 63.3 cm³/mol. The maximum Gasteiger partial charge on any atom is 0.146 e. The zero-order valence-electron chi connectivity index (χ0n) is 9.36. The van der Waals surface area contributed by atoms with Crippen molar-refractivity contribution in [3.63, 3.8) is 0 Å². The standard InChI is InChI=1S/C13H14FNO2/c14-12-5-1-2-6-13(12)15-7-9-16-10-11-4-3-8-17-11/h1-6,8,15H,7,9-10H2. The summed E-state index contributed by atoms with van der Waals surface area (Å²) in [5, 5.41) is 2.96. The molecule has 17 heavy (non-hydrogen) atoms. The second kappa shape index (κ2) is 6.06. The Labute approximate surface area is 99.2 Å². The molecule has 1 N–H and O–H groups in total. The van der Waals surface area contributed by atoms with E-state index in [0.717, 1.165) is 5.76 Å². The topological polar surface area (TPSA) is 34.4 Å². The Bertz CT molecular complexity index is 442. The van der Waals surface area contributed by atoms with Crippen molar-refractivity contribution in [1.29, 1.82) is 0 Å². The Hall–Kier alpha value is -1.81. The quantitative estimate of drug-likeness (QED) is 0.781. The largest absolute Gasteiger partial charge is 0.467 e. The first-order valence-corrected chi connectivity index (χ1v) is 5.45. The third-order valence-corrected chi connectivity index (χ3v) is 2.26. The Morgan fingerprint density at radius 1 is 1.18 bits per heavy atom. The molecule has 0 fully saturated rings. The molecule has 0 spiro atoms. The highest BCUT2D eigenvalue weighted by Gasteiger charge is 1.99. The first-order chi connectivity index (χ1) is 8.36. The molecule has 0 amide bonds. The molecule has 0 aliphatic carbocycles. The molecule has 0 aliphatic heterocycles. The Morgan fingerprint density at radius 2 is 2.06 bits per heavy atom. The predicted octanol–water partition coefficient (Wildman–Crippen LogP) is 3.05. The van der Waals surface area contributed by atoms with Crippen LogP contribution < -0.4 is 5.32 Å². The molecule has 2 rings (SSSR count). The summed E-state index contributed by atoms with van der Waals surface area (Å²) >= 11 is 0. The molecule has 1 heterocycles. The Balaban J connectivity index is 1.65. The fourth-order valence-corrected chi connectivity index (χ4v) is 1.43. The molecular weight excluding hydrogens is 221 g/mol. The van der Waals surface area contributed by atoms with Crippen molar-refractivity contribution in [3.8, 4) is 0 Å². The smallest absolute Gasteiger partial charge is 0.146 e. The number of benzene rings is 1. The molecule has 0 radical (unpaired) electrons. The average Bonchev–Trinajstić information content (AvgIpc) is 2.84. The monoisotopic (exact) mass is 235 g/mol. The molecule has 1 aromatic heterocycles. The number of rotatable bonds is 6.